The monoisotopic (exact) mass is 433 g/mol. The van der Waals surface area contributed by atoms with Crippen molar-refractivity contribution in [3.8, 4) is 0 Å². The highest BCUT2D eigenvalue weighted by Crippen LogP contribution is 2.20. The number of halogens is 3. The third-order valence-corrected chi connectivity index (χ3v) is 4.47. The maximum absolute atomic E-state index is 13.2. The van der Waals surface area contributed by atoms with Gasteiger partial charge in [0, 0.05) is 20.6 Å². The minimum Gasteiger partial charge on any atom is -0.306 e. The average molecular weight is 434 g/mol. The van der Waals surface area contributed by atoms with Gasteiger partial charge in [0.25, 0.3) is 0 Å². The van der Waals surface area contributed by atoms with Crippen LogP contribution < -0.4 is 5.32 Å². The number of hydrogen-bond donors (Lipinski definition) is 1. The smallest absolute Gasteiger partial charge is 0.123 e. The van der Waals surface area contributed by atoms with Crippen molar-refractivity contribution < 1.29 is 4.39 Å². The lowest BCUT2D eigenvalue weighted by molar-refractivity contribution is 0.568. The Labute approximate surface area is 134 Å². The van der Waals surface area contributed by atoms with Crippen molar-refractivity contribution in [1.82, 2.24) is 5.32 Å². The summed E-state index contributed by atoms with van der Waals surface area (Å²) in [5, 5.41) is 3.40. The maximum atomic E-state index is 13.2. The molecule has 1 N–H and O–H groups in total. The van der Waals surface area contributed by atoms with Gasteiger partial charge in [-0.05, 0) is 71.0 Å². The zero-order valence-corrected chi connectivity index (χ0v) is 14.2. The minimum absolute atomic E-state index is 0.207. The summed E-state index contributed by atoms with van der Waals surface area (Å²) in [6.45, 7) is 2.74. The first-order valence-corrected chi connectivity index (χ1v) is 7.86. The molecule has 0 aromatic heterocycles. The van der Waals surface area contributed by atoms with Crippen molar-refractivity contribution in [3.05, 3.63) is 67.5 Å². The van der Waals surface area contributed by atoms with E-state index in [4.69, 9.17) is 0 Å². The molecule has 19 heavy (non-hydrogen) atoms. The average Bonchev–Trinajstić information content (AvgIpc) is 2.40. The van der Waals surface area contributed by atoms with Crippen LogP contribution in [0.3, 0.4) is 0 Å². The fourth-order valence-corrected chi connectivity index (χ4v) is 2.56. The van der Waals surface area contributed by atoms with Crippen LogP contribution in [0.1, 0.15) is 24.1 Å². The minimum atomic E-state index is -0.207. The molecule has 2 aromatic carbocycles. The number of nitrogens with one attached hydrogen (secondary N) is 1. The molecule has 0 saturated heterocycles. The second kappa shape index (κ2) is 6.81. The Kier molecular flexibility index (Phi) is 5.36. The quantitative estimate of drug-likeness (QED) is 0.665. The highest BCUT2D eigenvalue weighted by atomic mass is 127. The zero-order chi connectivity index (χ0) is 13.8. The summed E-state index contributed by atoms with van der Waals surface area (Å²) in [5.74, 6) is -0.207. The molecule has 0 saturated carbocycles. The van der Waals surface area contributed by atoms with E-state index in [1.807, 2.05) is 0 Å². The summed E-state index contributed by atoms with van der Waals surface area (Å²) < 4.78 is 15.3. The van der Waals surface area contributed by atoms with Gasteiger partial charge in [-0.3, -0.25) is 0 Å². The molecule has 2 rings (SSSR count). The van der Waals surface area contributed by atoms with Gasteiger partial charge in [-0.2, -0.15) is 0 Å². The van der Waals surface area contributed by atoms with Crippen LogP contribution in [0.25, 0.3) is 0 Å². The molecule has 0 bridgehead atoms. The van der Waals surface area contributed by atoms with Crippen molar-refractivity contribution in [2.75, 3.05) is 0 Å². The van der Waals surface area contributed by atoms with Gasteiger partial charge >= 0.3 is 0 Å². The van der Waals surface area contributed by atoms with E-state index in [9.17, 15) is 4.39 Å². The van der Waals surface area contributed by atoms with Crippen LogP contribution >= 0.6 is 38.5 Å². The standard InChI is InChI=1S/C15H14BrFIN/c1-10(11-2-5-14(18)6-3-11)19-9-12-8-13(17)4-7-15(12)16/h2-8,10,19H,9H2,1H3. The molecule has 0 aliphatic carbocycles. The second-order valence-electron chi connectivity index (χ2n) is 4.39. The zero-order valence-electron chi connectivity index (χ0n) is 10.5. The van der Waals surface area contributed by atoms with Crippen molar-refractivity contribution >= 4 is 38.5 Å². The van der Waals surface area contributed by atoms with Gasteiger partial charge in [0.05, 0.1) is 0 Å². The first kappa shape index (κ1) is 14.9. The maximum Gasteiger partial charge on any atom is 0.123 e. The topological polar surface area (TPSA) is 12.0 Å². The summed E-state index contributed by atoms with van der Waals surface area (Å²) in [5.41, 5.74) is 2.16. The van der Waals surface area contributed by atoms with E-state index < -0.39 is 0 Å². The first-order chi connectivity index (χ1) is 9.06. The predicted molar refractivity (Wildman–Crippen MR) is 88.5 cm³/mol. The van der Waals surface area contributed by atoms with Crippen molar-refractivity contribution in [3.63, 3.8) is 0 Å². The summed E-state index contributed by atoms with van der Waals surface area (Å²) in [4.78, 5) is 0. The second-order valence-corrected chi connectivity index (χ2v) is 6.49. The fraction of sp³-hybridized carbons (Fsp3) is 0.200. The third-order valence-electron chi connectivity index (χ3n) is 2.98. The normalized spacial score (nSPS) is 12.4. The Morgan fingerprint density at radius 2 is 1.89 bits per heavy atom. The molecular formula is C15H14BrFIN. The molecule has 1 nitrogen and oxygen atoms in total. The first-order valence-electron chi connectivity index (χ1n) is 5.99. The van der Waals surface area contributed by atoms with Crippen LogP contribution in [-0.2, 0) is 6.54 Å². The summed E-state index contributed by atoms with van der Waals surface area (Å²) in [6, 6.07) is 13.4. The molecular weight excluding hydrogens is 420 g/mol. The Bertz CT molecular complexity index is 557. The lowest BCUT2D eigenvalue weighted by Gasteiger charge is -2.15. The molecule has 2 aromatic rings. The summed E-state index contributed by atoms with van der Waals surface area (Å²) in [6.07, 6.45) is 0. The molecule has 0 spiro atoms. The van der Waals surface area contributed by atoms with Gasteiger partial charge in [0.15, 0.2) is 0 Å². The Hall–Kier alpha value is -0.460. The molecule has 0 fully saturated rings. The molecule has 0 aliphatic heterocycles. The predicted octanol–water partition coefficient (Wildman–Crippen LogP) is 5.04. The van der Waals surface area contributed by atoms with Crippen LogP contribution in [0, 0.1) is 9.39 Å². The Morgan fingerprint density at radius 3 is 2.58 bits per heavy atom. The Morgan fingerprint density at radius 1 is 1.21 bits per heavy atom. The number of benzene rings is 2. The molecule has 4 heteroatoms. The van der Waals surface area contributed by atoms with Crippen molar-refractivity contribution in [1.29, 1.82) is 0 Å². The van der Waals surface area contributed by atoms with Crippen LogP contribution in [0.15, 0.2) is 46.9 Å². The van der Waals surface area contributed by atoms with Crippen molar-refractivity contribution in [2.45, 2.75) is 19.5 Å². The van der Waals surface area contributed by atoms with E-state index in [1.165, 1.54) is 15.2 Å². The van der Waals surface area contributed by atoms with Crippen LogP contribution in [-0.4, -0.2) is 0 Å². The molecule has 0 radical (unpaired) electrons. The number of hydrogen-bond acceptors (Lipinski definition) is 1. The SMILES string of the molecule is CC(NCc1cc(F)ccc1Br)c1ccc(I)cc1. The number of rotatable bonds is 4. The van der Waals surface area contributed by atoms with E-state index >= 15 is 0 Å². The largest absolute Gasteiger partial charge is 0.306 e. The van der Waals surface area contributed by atoms with Crippen LogP contribution in [0.4, 0.5) is 4.39 Å². The van der Waals surface area contributed by atoms with Gasteiger partial charge < -0.3 is 5.32 Å². The molecule has 1 unspecified atom stereocenters. The van der Waals surface area contributed by atoms with E-state index in [-0.39, 0.29) is 11.9 Å². The van der Waals surface area contributed by atoms with E-state index in [1.54, 1.807) is 12.1 Å². The van der Waals surface area contributed by atoms with Crippen LogP contribution in [0.5, 0.6) is 0 Å². The van der Waals surface area contributed by atoms with Crippen molar-refractivity contribution in [2.24, 2.45) is 0 Å². The highest BCUT2D eigenvalue weighted by Gasteiger charge is 2.07. The van der Waals surface area contributed by atoms with Gasteiger partial charge in [-0.25, -0.2) is 4.39 Å². The van der Waals surface area contributed by atoms with Gasteiger partial charge in [-0.15, -0.1) is 0 Å². The molecule has 0 aliphatic rings. The van der Waals surface area contributed by atoms with E-state index in [2.05, 4.69) is 75.0 Å². The van der Waals surface area contributed by atoms with E-state index in [0.29, 0.717) is 6.54 Å². The molecule has 0 heterocycles. The summed E-state index contributed by atoms with van der Waals surface area (Å²) in [7, 11) is 0. The van der Waals surface area contributed by atoms with Crippen LogP contribution in [0.2, 0.25) is 0 Å². The molecule has 1 atom stereocenters. The Balaban J connectivity index is 2.02. The van der Waals surface area contributed by atoms with Gasteiger partial charge in [0.1, 0.15) is 5.82 Å². The molecule has 0 amide bonds. The molecule has 100 valence electrons. The summed E-state index contributed by atoms with van der Waals surface area (Å²) >= 11 is 5.73. The van der Waals surface area contributed by atoms with Gasteiger partial charge in [0.2, 0.25) is 0 Å². The highest BCUT2D eigenvalue weighted by molar-refractivity contribution is 14.1. The lowest BCUT2D eigenvalue weighted by atomic mass is 10.1. The van der Waals surface area contributed by atoms with E-state index in [0.717, 1.165) is 10.0 Å². The van der Waals surface area contributed by atoms with Gasteiger partial charge in [-0.1, -0.05) is 28.1 Å². The fourth-order valence-electron chi connectivity index (χ4n) is 1.81. The lowest BCUT2D eigenvalue weighted by Crippen LogP contribution is -2.18. The third kappa shape index (κ3) is 4.26.